The molecule has 0 amide bonds. The number of fused-ring (bicyclic) bond motifs is 1. The molecule has 2 rings (SSSR count). The molecule has 0 unspecified atom stereocenters. The number of esters is 1. The first-order valence-electron chi connectivity index (χ1n) is 5.76. The van der Waals surface area contributed by atoms with E-state index in [0.29, 0.717) is 30.5 Å². The summed E-state index contributed by atoms with van der Waals surface area (Å²) in [6.45, 7) is 3.36. The summed E-state index contributed by atoms with van der Waals surface area (Å²) in [6.07, 6.45) is -2.88. The Labute approximate surface area is 107 Å². The summed E-state index contributed by atoms with van der Waals surface area (Å²) in [7, 11) is 1.18. The molecule has 0 aliphatic heterocycles. The van der Waals surface area contributed by atoms with Crippen LogP contribution in [0.2, 0.25) is 0 Å². The van der Waals surface area contributed by atoms with Crippen LogP contribution in [0.25, 0.3) is 5.57 Å². The topological polar surface area (TPSA) is 44.1 Å². The molecular weight excluding hydrogens is 261 g/mol. The van der Waals surface area contributed by atoms with E-state index in [9.17, 15) is 18.0 Å². The van der Waals surface area contributed by atoms with Crippen LogP contribution in [0, 0.1) is 0 Å². The third-order valence-electron chi connectivity index (χ3n) is 3.08. The number of nitrogens with zero attached hydrogens (tertiary/aromatic N) is 2. The average molecular weight is 274 g/mol. The molecule has 19 heavy (non-hydrogen) atoms. The van der Waals surface area contributed by atoms with Crippen molar-refractivity contribution in [2.75, 3.05) is 7.11 Å². The molecule has 0 radical (unpaired) electrons. The van der Waals surface area contributed by atoms with Gasteiger partial charge in [-0.3, -0.25) is 9.48 Å². The summed E-state index contributed by atoms with van der Waals surface area (Å²) in [5.74, 6) is -0.629. The van der Waals surface area contributed by atoms with Crippen LogP contribution in [0.4, 0.5) is 13.2 Å². The molecular formula is C12H13F3N2O2. The van der Waals surface area contributed by atoms with Crippen LogP contribution in [0.15, 0.2) is 6.58 Å². The van der Waals surface area contributed by atoms with Crippen LogP contribution in [-0.2, 0) is 28.7 Å². The molecule has 0 saturated carbocycles. The molecule has 1 aliphatic carbocycles. The average Bonchev–Trinajstić information content (AvgIpc) is 2.69. The van der Waals surface area contributed by atoms with Crippen molar-refractivity contribution in [2.45, 2.75) is 32.0 Å². The van der Waals surface area contributed by atoms with Crippen LogP contribution < -0.4 is 0 Å². The fourth-order valence-corrected chi connectivity index (χ4v) is 2.23. The quantitative estimate of drug-likeness (QED) is 0.778. The second-order valence-electron chi connectivity index (χ2n) is 4.36. The molecule has 0 atom stereocenters. The summed E-state index contributed by atoms with van der Waals surface area (Å²) in [6, 6.07) is 0. The molecule has 4 nitrogen and oxygen atoms in total. The molecule has 0 spiro atoms. The van der Waals surface area contributed by atoms with Crippen molar-refractivity contribution in [1.29, 1.82) is 0 Å². The van der Waals surface area contributed by atoms with E-state index in [1.807, 2.05) is 0 Å². The maximum atomic E-state index is 12.9. The highest BCUT2D eigenvalue weighted by Crippen LogP contribution is 2.39. The van der Waals surface area contributed by atoms with Crippen LogP contribution >= 0.6 is 0 Å². The van der Waals surface area contributed by atoms with Gasteiger partial charge in [0.15, 0.2) is 5.69 Å². The van der Waals surface area contributed by atoms with Gasteiger partial charge >= 0.3 is 12.1 Å². The maximum absolute atomic E-state index is 12.9. The van der Waals surface area contributed by atoms with E-state index in [4.69, 9.17) is 0 Å². The highest BCUT2D eigenvalue weighted by atomic mass is 19.4. The van der Waals surface area contributed by atoms with Gasteiger partial charge in [0.05, 0.1) is 7.11 Å². The van der Waals surface area contributed by atoms with Crippen LogP contribution in [-0.4, -0.2) is 22.9 Å². The van der Waals surface area contributed by atoms with Gasteiger partial charge in [-0.1, -0.05) is 6.58 Å². The number of hydrogen-bond acceptors (Lipinski definition) is 3. The van der Waals surface area contributed by atoms with E-state index in [2.05, 4.69) is 16.4 Å². The number of carbonyl (C=O) groups is 1. The van der Waals surface area contributed by atoms with Crippen molar-refractivity contribution in [1.82, 2.24) is 9.78 Å². The van der Waals surface area contributed by atoms with Crippen molar-refractivity contribution in [3.63, 3.8) is 0 Å². The number of rotatable bonds is 2. The van der Waals surface area contributed by atoms with Crippen molar-refractivity contribution < 1.29 is 22.7 Å². The van der Waals surface area contributed by atoms with Gasteiger partial charge in [0.25, 0.3) is 0 Å². The largest absolute Gasteiger partial charge is 0.468 e. The minimum atomic E-state index is -4.55. The van der Waals surface area contributed by atoms with Gasteiger partial charge in [-0.2, -0.15) is 18.3 Å². The van der Waals surface area contributed by atoms with Crippen LogP contribution in [0.1, 0.15) is 29.8 Å². The molecule has 7 heteroatoms. The lowest BCUT2D eigenvalue weighted by molar-refractivity contribution is -0.144. The molecule has 104 valence electrons. The number of halogens is 3. The smallest absolute Gasteiger partial charge is 0.435 e. The Hall–Kier alpha value is -1.79. The number of methoxy groups -OCH3 is 1. The molecule has 0 N–H and O–H groups in total. The van der Waals surface area contributed by atoms with Gasteiger partial charge in [0, 0.05) is 11.3 Å². The van der Waals surface area contributed by atoms with Gasteiger partial charge in [0.2, 0.25) is 0 Å². The summed E-state index contributed by atoms with van der Waals surface area (Å²) in [5, 5.41) is 3.53. The number of alkyl halides is 3. The summed E-state index contributed by atoms with van der Waals surface area (Å²) in [4.78, 5) is 11.2. The fraction of sp³-hybridized carbons (Fsp3) is 0.500. The van der Waals surface area contributed by atoms with Gasteiger partial charge in [-0.05, 0) is 24.8 Å². The lowest BCUT2D eigenvalue weighted by atomic mass is 9.91. The van der Waals surface area contributed by atoms with E-state index in [-0.39, 0.29) is 12.1 Å². The Kier molecular flexibility index (Phi) is 3.38. The minimum Gasteiger partial charge on any atom is -0.468 e. The number of hydrogen-bond donors (Lipinski definition) is 0. The number of aromatic nitrogens is 2. The summed E-state index contributed by atoms with van der Waals surface area (Å²) < 4.78 is 44.4. The third-order valence-corrected chi connectivity index (χ3v) is 3.08. The van der Waals surface area contributed by atoms with E-state index < -0.39 is 17.8 Å². The van der Waals surface area contributed by atoms with Crippen LogP contribution in [0.5, 0.6) is 0 Å². The zero-order valence-corrected chi connectivity index (χ0v) is 10.4. The van der Waals surface area contributed by atoms with E-state index in [1.165, 1.54) is 7.11 Å². The molecule has 1 aromatic heterocycles. The third kappa shape index (κ3) is 2.50. The highest BCUT2D eigenvalue weighted by Gasteiger charge is 2.40. The van der Waals surface area contributed by atoms with Crippen molar-refractivity contribution in [3.8, 4) is 0 Å². The van der Waals surface area contributed by atoms with Gasteiger partial charge in [-0.25, -0.2) is 0 Å². The molecule has 1 aliphatic rings. The van der Waals surface area contributed by atoms with E-state index in [0.717, 1.165) is 4.68 Å². The predicted molar refractivity (Wildman–Crippen MR) is 61.2 cm³/mol. The highest BCUT2D eigenvalue weighted by molar-refractivity contribution is 5.72. The van der Waals surface area contributed by atoms with Crippen molar-refractivity contribution >= 4 is 11.5 Å². The predicted octanol–water partition coefficient (Wildman–Crippen LogP) is 2.42. The first kappa shape index (κ1) is 13.6. The zero-order valence-electron chi connectivity index (χ0n) is 10.4. The molecule has 0 fully saturated rings. The second-order valence-corrected chi connectivity index (χ2v) is 4.36. The lowest BCUT2D eigenvalue weighted by Crippen LogP contribution is -2.16. The molecule has 0 bridgehead atoms. The second kappa shape index (κ2) is 4.71. The zero-order chi connectivity index (χ0) is 14.2. The molecule has 1 aromatic rings. The summed E-state index contributed by atoms with van der Waals surface area (Å²) >= 11 is 0. The molecule has 0 saturated heterocycles. The Morgan fingerprint density at radius 1 is 1.47 bits per heavy atom. The van der Waals surface area contributed by atoms with Crippen molar-refractivity contribution in [2.24, 2.45) is 0 Å². The van der Waals surface area contributed by atoms with Gasteiger partial charge < -0.3 is 4.74 Å². The standard InChI is InChI=1S/C12H13F3N2O2/c1-7-4-3-5-8-10(7)11(12(13,14)15)16-17(8)6-9(18)19-2/h1,3-6H2,2H3. The number of allylic oxidation sites excluding steroid dienone is 1. The number of carbonyl (C=O) groups excluding carboxylic acids is 1. The van der Waals surface area contributed by atoms with Gasteiger partial charge in [0.1, 0.15) is 6.54 Å². The van der Waals surface area contributed by atoms with Crippen molar-refractivity contribution in [3.05, 3.63) is 23.5 Å². The normalized spacial score (nSPS) is 15.3. The minimum absolute atomic E-state index is 0.0441. The lowest BCUT2D eigenvalue weighted by Gasteiger charge is -2.16. The van der Waals surface area contributed by atoms with Crippen LogP contribution in [0.3, 0.4) is 0 Å². The Balaban J connectivity index is 2.52. The SMILES string of the molecule is C=C1CCCc2c1c(C(F)(F)F)nn2CC(=O)OC. The Bertz CT molecular complexity index is 532. The molecule has 0 aromatic carbocycles. The first-order valence-corrected chi connectivity index (χ1v) is 5.76. The number of ether oxygens (including phenoxy) is 1. The Morgan fingerprint density at radius 3 is 2.74 bits per heavy atom. The van der Waals surface area contributed by atoms with Gasteiger partial charge in [-0.15, -0.1) is 0 Å². The Morgan fingerprint density at radius 2 is 2.16 bits per heavy atom. The fourth-order valence-electron chi connectivity index (χ4n) is 2.23. The summed E-state index contributed by atoms with van der Waals surface area (Å²) in [5.41, 5.74) is -0.0857. The monoisotopic (exact) mass is 274 g/mol. The van der Waals surface area contributed by atoms with E-state index >= 15 is 0 Å². The first-order chi connectivity index (χ1) is 8.84. The molecule has 1 heterocycles. The van der Waals surface area contributed by atoms with E-state index in [1.54, 1.807) is 0 Å². The maximum Gasteiger partial charge on any atom is 0.435 e.